The number of halogens is 3. The molecule has 1 atom stereocenters. The molecule has 2 aliphatic heterocycles. The summed E-state index contributed by atoms with van der Waals surface area (Å²) in [7, 11) is 0. The van der Waals surface area contributed by atoms with E-state index in [1.165, 1.54) is 0 Å². The minimum absolute atomic E-state index is 0.0431. The molecule has 0 aromatic heterocycles. The molecule has 2 heterocycles. The minimum atomic E-state index is -4.67. The largest absolute Gasteiger partial charge is 0.416 e. The van der Waals surface area contributed by atoms with Crippen molar-refractivity contribution in [2.45, 2.75) is 44.2 Å². The Bertz CT molecular complexity index is 753. The first-order valence-corrected chi connectivity index (χ1v) is 9.39. The lowest BCUT2D eigenvalue weighted by Gasteiger charge is -2.38. The van der Waals surface area contributed by atoms with E-state index in [2.05, 4.69) is 5.32 Å². The maximum Gasteiger partial charge on any atom is 0.416 e. The summed E-state index contributed by atoms with van der Waals surface area (Å²) in [4.78, 5) is 24.6. The lowest BCUT2D eigenvalue weighted by molar-refractivity contribution is -0.384. The van der Waals surface area contributed by atoms with Crippen molar-refractivity contribution in [2.75, 3.05) is 31.6 Å². The molecule has 0 radical (unpaired) electrons. The SMILES string of the molecule is O=C(CCNc1ccc(C(F)(F)F)cc1[N+](=O)[O-])N1CCCCC1C1OCCO1. The topological polar surface area (TPSA) is 93.9 Å². The Morgan fingerprint density at radius 1 is 1.28 bits per heavy atom. The number of anilines is 1. The zero-order valence-corrected chi connectivity index (χ0v) is 15.6. The number of rotatable bonds is 6. The number of carbonyl (C=O) groups excluding carboxylic acids is 1. The van der Waals surface area contributed by atoms with Gasteiger partial charge in [0, 0.05) is 25.6 Å². The predicted octanol–water partition coefficient (Wildman–Crippen LogP) is 3.17. The van der Waals surface area contributed by atoms with Crippen LogP contribution in [-0.4, -0.2) is 54.4 Å². The number of hydrogen-bond donors (Lipinski definition) is 1. The number of amides is 1. The fourth-order valence-corrected chi connectivity index (χ4v) is 3.60. The third-order valence-electron chi connectivity index (χ3n) is 5.01. The fourth-order valence-electron chi connectivity index (χ4n) is 3.60. The number of ether oxygens (including phenoxy) is 2. The van der Waals surface area contributed by atoms with Crippen molar-refractivity contribution in [1.82, 2.24) is 4.90 Å². The summed E-state index contributed by atoms with van der Waals surface area (Å²) in [5.41, 5.74) is -1.84. The number of nitro groups is 1. The highest BCUT2D eigenvalue weighted by Crippen LogP contribution is 2.35. The Morgan fingerprint density at radius 2 is 2.00 bits per heavy atom. The molecule has 2 aliphatic rings. The van der Waals surface area contributed by atoms with Gasteiger partial charge in [0.2, 0.25) is 5.91 Å². The zero-order chi connectivity index (χ0) is 21.0. The molecule has 0 aliphatic carbocycles. The van der Waals surface area contributed by atoms with Crippen LogP contribution in [0.4, 0.5) is 24.5 Å². The van der Waals surface area contributed by atoms with E-state index in [1.54, 1.807) is 4.90 Å². The van der Waals surface area contributed by atoms with Gasteiger partial charge in [-0.1, -0.05) is 0 Å². The summed E-state index contributed by atoms with van der Waals surface area (Å²) in [5, 5.41) is 13.8. The second-order valence-electron chi connectivity index (χ2n) is 6.92. The summed E-state index contributed by atoms with van der Waals surface area (Å²) >= 11 is 0. The second-order valence-corrected chi connectivity index (χ2v) is 6.92. The Labute approximate surface area is 165 Å². The van der Waals surface area contributed by atoms with Crippen LogP contribution in [-0.2, 0) is 20.4 Å². The second kappa shape index (κ2) is 8.95. The van der Waals surface area contributed by atoms with Crippen molar-refractivity contribution >= 4 is 17.3 Å². The number of piperidine rings is 1. The van der Waals surface area contributed by atoms with E-state index in [1.807, 2.05) is 0 Å². The average Bonchev–Trinajstić information content (AvgIpc) is 3.21. The van der Waals surface area contributed by atoms with Gasteiger partial charge in [-0.15, -0.1) is 0 Å². The molecule has 11 heteroatoms. The van der Waals surface area contributed by atoms with E-state index in [0.717, 1.165) is 31.4 Å². The molecule has 29 heavy (non-hydrogen) atoms. The molecule has 8 nitrogen and oxygen atoms in total. The number of nitrogens with one attached hydrogen (secondary N) is 1. The summed E-state index contributed by atoms with van der Waals surface area (Å²) < 4.78 is 49.4. The fraction of sp³-hybridized carbons (Fsp3) is 0.611. The van der Waals surface area contributed by atoms with Gasteiger partial charge in [0.25, 0.3) is 5.69 Å². The van der Waals surface area contributed by atoms with Crippen LogP contribution < -0.4 is 5.32 Å². The Morgan fingerprint density at radius 3 is 2.66 bits per heavy atom. The van der Waals surface area contributed by atoms with E-state index in [0.29, 0.717) is 25.8 Å². The van der Waals surface area contributed by atoms with Gasteiger partial charge in [-0.2, -0.15) is 13.2 Å². The third-order valence-corrected chi connectivity index (χ3v) is 5.01. The molecule has 0 bridgehead atoms. The Kier molecular flexibility index (Phi) is 6.58. The number of nitro benzene ring substituents is 1. The van der Waals surface area contributed by atoms with Crippen LogP contribution in [0.1, 0.15) is 31.2 Å². The normalized spacial score (nSPS) is 20.7. The molecule has 1 amide bonds. The number of nitrogens with zero attached hydrogens (tertiary/aromatic N) is 2. The molecule has 1 aromatic rings. The van der Waals surface area contributed by atoms with Gasteiger partial charge in [0.05, 0.1) is 29.7 Å². The van der Waals surface area contributed by atoms with Crippen LogP contribution in [0.2, 0.25) is 0 Å². The Balaban J connectivity index is 1.61. The highest BCUT2D eigenvalue weighted by Gasteiger charge is 2.36. The van der Waals surface area contributed by atoms with Crippen molar-refractivity contribution < 1.29 is 32.4 Å². The first kappa shape index (κ1) is 21.3. The standard InChI is InChI=1S/C18H22F3N3O5/c19-18(20,21)12-4-5-13(15(11-12)24(26)27)22-7-6-16(25)23-8-2-1-3-14(23)17-28-9-10-29-17/h4-5,11,14,17,22H,1-3,6-10H2. The van der Waals surface area contributed by atoms with Gasteiger partial charge in [0.1, 0.15) is 5.69 Å². The van der Waals surface area contributed by atoms with Crippen molar-refractivity contribution in [3.63, 3.8) is 0 Å². The number of carbonyl (C=O) groups is 1. The maximum atomic E-state index is 12.8. The average molecular weight is 417 g/mol. The molecule has 1 unspecified atom stereocenters. The molecular formula is C18H22F3N3O5. The van der Waals surface area contributed by atoms with E-state index >= 15 is 0 Å². The maximum absolute atomic E-state index is 12.8. The molecule has 160 valence electrons. The van der Waals surface area contributed by atoms with Crippen LogP contribution in [0, 0.1) is 10.1 Å². The van der Waals surface area contributed by atoms with Gasteiger partial charge >= 0.3 is 6.18 Å². The van der Waals surface area contributed by atoms with Crippen LogP contribution >= 0.6 is 0 Å². The van der Waals surface area contributed by atoms with Crippen LogP contribution in [0.3, 0.4) is 0 Å². The van der Waals surface area contributed by atoms with E-state index in [4.69, 9.17) is 9.47 Å². The molecule has 2 fully saturated rings. The summed E-state index contributed by atoms with van der Waals surface area (Å²) in [6, 6.07) is 2.10. The smallest absolute Gasteiger partial charge is 0.379 e. The molecule has 1 N–H and O–H groups in total. The number of alkyl halides is 3. The van der Waals surface area contributed by atoms with Crippen molar-refractivity contribution in [1.29, 1.82) is 0 Å². The summed E-state index contributed by atoms with van der Waals surface area (Å²) in [5.74, 6) is -0.157. The third kappa shape index (κ3) is 5.15. The number of likely N-dealkylation sites (tertiary alicyclic amines) is 1. The lowest BCUT2D eigenvalue weighted by Crippen LogP contribution is -2.50. The van der Waals surface area contributed by atoms with Crippen molar-refractivity contribution in [2.24, 2.45) is 0 Å². The summed E-state index contributed by atoms with van der Waals surface area (Å²) in [6.07, 6.45) is -2.47. The Hall–Kier alpha value is -2.40. The quantitative estimate of drug-likeness (QED) is 0.565. The van der Waals surface area contributed by atoms with Gasteiger partial charge in [-0.25, -0.2) is 0 Å². The highest BCUT2D eigenvalue weighted by molar-refractivity contribution is 5.77. The first-order valence-electron chi connectivity index (χ1n) is 9.39. The summed E-state index contributed by atoms with van der Waals surface area (Å²) in [6.45, 7) is 1.61. The van der Waals surface area contributed by atoms with E-state index in [9.17, 15) is 28.1 Å². The lowest BCUT2D eigenvalue weighted by atomic mass is 10.0. The van der Waals surface area contributed by atoms with E-state index in [-0.39, 0.29) is 30.6 Å². The monoisotopic (exact) mass is 417 g/mol. The van der Waals surface area contributed by atoms with Crippen LogP contribution in [0.25, 0.3) is 0 Å². The van der Waals surface area contributed by atoms with Gasteiger partial charge in [-0.3, -0.25) is 14.9 Å². The highest BCUT2D eigenvalue weighted by atomic mass is 19.4. The molecular weight excluding hydrogens is 395 g/mol. The van der Waals surface area contributed by atoms with Gasteiger partial charge < -0.3 is 19.7 Å². The molecule has 3 rings (SSSR count). The molecule has 0 spiro atoms. The predicted molar refractivity (Wildman–Crippen MR) is 96.2 cm³/mol. The van der Waals surface area contributed by atoms with Crippen LogP contribution in [0.15, 0.2) is 18.2 Å². The van der Waals surface area contributed by atoms with Gasteiger partial charge in [0.15, 0.2) is 6.29 Å². The number of benzene rings is 1. The van der Waals surface area contributed by atoms with Crippen molar-refractivity contribution in [3.05, 3.63) is 33.9 Å². The zero-order valence-electron chi connectivity index (χ0n) is 15.6. The molecule has 1 aromatic carbocycles. The minimum Gasteiger partial charge on any atom is -0.379 e. The number of hydrogen-bond acceptors (Lipinski definition) is 6. The first-order chi connectivity index (χ1) is 13.8. The van der Waals surface area contributed by atoms with E-state index < -0.39 is 28.6 Å². The molecule has 0 saturated carbocycles. The van der Waals surface area contributed by atoms with Crippen molar-refractivity contribution in [3.8, 4) is 0 Å². The van der Waals surface area contributed by atoms with Crippen LogP contribution in [0.5, 0.6) is 0 Å². The van der Waals surface area contributed by atoms with Gasteiger partial charge in [-0.05, 0) is 31.4 Å². The molecule has 2 saturated heterocycles.